The van der Waals surface area contributed by atoms with Crippen LogP contribution in [0.1, 0.15) is 30.0 Å². The van der Waals surface area contributed by atoms with E-state index in [1.807, 2.05) is 11.8 Å². The van der Waals surface area contributed by atoms with Gasteiger partial charge in [0.1, 0.15) is 0 Å². The number of carbonyl (C=O) groups excluding carboxylic acids is 1. The van der Waals surface area contributed by atoms with Crippen molar-refractivity contribution < 1.29 is 14.3 Å². The lowest BCUT2D eigenvalue weighted by Gasteiger charge is -2.43. The molecule has 1 unspecified atom stereocenters. The summed E-state index contributed by atoms with van der Waals surface area (Å²) in [7, 11) is 0. The van der Waals surface area contributed by atoms with E-state index in [-0.39, 0.29) is 11.4 Å². The van der Waals surface area contributed by atoms with E-state index in [1.54, 1.807) is 11.3 Å². The Balaban J connectivity index is 1.54. The number of aryl methyl sites for hydroxylation is 2. The van der Waals surface area contributed by atoms with Crippen LogP contribution in [0.3, 0.4) is 0 Å². The molecule has 0 saturated carbocycles. The fourth-order valence-electron chi connectivity index (χ4n) is 3.12. The van der Waals surface area contributed by atoms with Gasteiger partial charge in [0.15, 0.2) is 0 Å². The molecule has 0 N–H and O–H groups in total. The summed E-state index contributed by atoms with van der Waals surface area (Å²) < 4.78 is 11.1. The van der Waals surface area contributed by atoms with Crippen molar-refractivity contribution in [3.63, 3.8) is 0 Å². The van der Waals surface area contributed by atoms with Crippen molar-refractivity contribution >= 4 is 17.2 Å². The highest BCUT2D eigenvalue weighted by atomic mass is 32.1. The zero-order valence-electron chi connectivity index (χ0n) is 12.5. The first-order valence-electron chi connectivity index (χ1n) is 7.57. The molecule has 5 nitrogen and oxygen atoms in total. The van der Waals surface area contributed by atoms with Crippen LogP contribution in [0.15, 0.2) is 5.38 Å². The molecule has 1 atom stereocenters. The Morgan fingerprint density at radius 1 is 1.43 bits per heavy atom. The summed E-state index contributed by atoms with van der Waals surface area (Å²) in [4.78, 5) is 19.0. The number of thiazole rings is 1. The number of carbonyl (C=O) groups is 1. The minimum Gasteiger partial charge on any atom is -0.379 e. The molecule has 0 radical (unpaired) electrons. The number of morpholine rings is 1. The van der Waals surface area contributed by atoms with Crippen LogP contribution in [0.2, 0.25) is 0 Å². The monoisotopic (exact) mass is 310 g/mol. The van der Waals surface area contributed by atoms with E-state index >= 15 is 0 Å². The van der Waals surface area contributed by atoms with Crippen LogP contribution in [0.4, 0.5) is 0 Å². The van der Waals surface area contributed by atoms with E-state index in [2.05, 4.69) is 10.4 Å². The van der Waals surface area contributed by atoms with Crippen LogP contribution in [0, 0.1) is 6.92 Å². The van der Waals surface area contributed by atoms with Crippen LogP contribution in [-0.4, -0.2) is 54.3 Å². The summed E-state index contributed by atoms with van der Waals surface area (Å²) in [6, 6.07) is 0. The Hall–Kier alpha value is -0.980. The summed E-state index contributed by atoms with van der Waals surface area (Å²) in [5.41, 5.74) is 0.901. The summed E-state index contributed by atoms with van der Waals surface area (Å²) in [5, 5.41) is 3.17. The van der Waals surface area contributed by atoms with Crippen molar-refractivity contribution in [1.82, 2.24) is 9.88 Å². The van der Waals surface area contributed by atoms with E-state index in [9.17, 15) is 4.79 Å². The number of aromatic nitrogens is 1. The second-order valence-electron chi connectivity index (χ2n) is 5.84. The highest BCUT2D eigenvalue weighted by Crippen LogP contribution is 2.30. The highest BCUT2D eigenvalue weighted by Gasteiger charge is 2.45. The van der Waals surface area contributed by atoms with Crippen LogP contribution in [0.25, 0.3) is 0 Å². The molecule has 116 valence electrons. The van der Waals surface area contributed by atoms with Gasteiger partial charge in [-0.25, -0.2) is 4.98 Å². The van der Waals surface area contributed by atoms with Crippen molar-refractivity contribution in [3.05, 3.63) is 16.1 Å². The van der Waals surface area contributed by atoms with E-state index in [4.69, 9.17) is 9.47 Å². The Morgan fingerprint density at radius 3 is 2.95 bits per heavy atom. The van der Waals surface area contributed by atoms with Crippen LogP contribution >= 0.6 is 11.3 Å². The first kappa shape index (κ1) is 14.9. The number of ether oxygens (including phenoxy) is 2. The average Bonchev–Trinajstić information content (AvgIpc) is 3.09. The second kappa shape index (κ2) is 6.42. The maximum absolute atomic E-state index is 12.6. The standard InChI is InChI=1S/C15H22N2O3S/c1-12-16-13(9-21-12)3-2-4-14(18)17-6-8-20-11-15(17)5-7-19-10-15/h9H,2-8,10-11H2,1H3. The van der Waals surface area contributed by atoms with E-state index in [1.165, 1.54) is 0 Å². The minimum atomic E-state index is -0.202. The van der Waals surface area contributed by atoms with Crippen molar-refractivity contribution in [1.29, 1.82) is 0 Å². The van der Waals surface area contributed by atoms with Gasteiger partial charge >= 0.3 is 0 Å². The van der Waals surface area contributed by atoms with Crippen molar-refractivity contribution in [2.45, 2.75) is 38.1 Å². The van der Waals surface area contributed by atoms with Crippen molar-refractivity contribution in [2.24, 2.45) is 0 Å². The zero-order chi connectivity index (χ0) is 14.7. The van der Waals surface area contributed by atoms with Gasteiger partial charge in [0, 0.05) is 25.0 Å². The maximum atomic E-state index is 12.6. The smallest absolute Gasteiger partial charge is 0.223 e. The molecule has 0 bridgehead atoms. The quantitative estimate of drug-likeness (QED) is 0.851. The number of hydrogen-bond acceptors (Lipinski definition) is 5. The largest absolute Gasteiger partial charge is 0.379 e. The van der Waals surface area contributed by atoms with Gasteiger partial charge in [-0.1, -0.05) is 0 Å². The van der Waals surface area contributed by atoms with E-state index < -0.39 is 0 Å². The molecule has 21 heavy (non-hydrogen) atoms. The molecule has 2 aliphatic heterocycles. The fraction of sp³-hybridized carbons (Fsp3) is 0.733. The van der Waals surface area contributed by atoms with Crippen molar-refractivity contribution in [3.8, 4) is 0 Å². The summed E-state index contributed by atoms with van der Waals surface area (Å²) >= 11 is 1.67. The summed E-state index contributed by atoms with van der Waals surface area (Å²) in [6.45, 7) is 5.30. The Bertz CT molecular complexity index is 497. The second-order valence-corrected chi connectivity index (χ2v) is 6.90. The Morgan fingerprint density at radius 2 is 2.24 bits per heavy atom. The topological polar surface area (TPSA) is 51.7 Å². The fourth-order valence-corrected chi connectivity index (χ4v) is 3.77. The van der Waals surface area contributed by atoms with Gasteiger partial charge in [-0.2, -0.15) is 0 Å². The third-order valence-electron chi connectivity index (χ3n) is 4.28. The van der Waals surface area contributed by atoms with Gasteiger partial charge in [-0.15, -0.1) is 11.3 Å². The van der Waals surface area contributed by atoms with Crippen LogP contribution < -0.4 is 0 Å². The van der Waals surface area contributed by atoms with Gasteiger partial charge in [-0.05, 0) is 26.2 Å². The first-order valence-corrected chi connectivity index (χ1v) is 8.45. The molecule has 2 aliphatic rings. The average molecular weight is 310 g/mol. The van der Waals surface area contributed by atoms with Gasteiger partial charge in [-0.3, -0.25) is 4.79 Å². The van der Waals surface area contributed by atoms with E-state index in [0.717, 1.165) is 36.6 Å². The molecule has 1 amide bonds. The lowest BCUT2D eigenvalue weighted by molar-refractivity contribution is -0.149. The molecule has 0 aliphatic carbocycles. The molecule has 3 heterocycles. The van der Waals surface area contributed by atoms with Gasteiger partial charge in [0.25, 0.3) is 0 Å². The number of hydrogen-bond donors (Lipinski definition) is 0. The van der Waals surface area contributed by atoms with Gasteiger partial charge in [0.05, 0.1) is 36.1 Å². The number of nitrogens with zero attached hydrogens (tertiary/aromatic N) is 2. The molecule has 6 heteroatoms. The summed E-state index contributed by atoms with van der Waals surface area (Å²) in [5.74, 6) is 0.232. The predicted molar refractivity (Wildman–Crippen MR) is 80.5 cm³/mol. The lowest BCUT2D eigenvalue weighted by atomic mass is 9.95. The molecule has 3 rings (SSSR count). The molecule has 2 fully saturated rings. The normalized spacial score (nSPS) is 25.7. The van der Waals surface area contributed by atoms with Crippen LogP contribution in [0.5, 0.6) is 0 Å². The third kappa shape index (κ3) is 3.27. The zero-order valence-corrected chi connectivity index (χ0v) is 13.3. The molecule has 1 aromatic heterocycles. The minimum absolute atomic E-state index is 0.202. The maximum Gasteiger partial charge on any atom is 0.223 e. The van der Waals surface area contributed by atoms with Crippen molar-refractivity contribution in [2.75, 3.05) is 33.0 Å². The molecular formula is C15H22N2O3S. The third-order valence-corrected chi connectivity index (χ3v) is 5.10. The predicted octanol–water partition coefficient (Wildman–Crippen LogP) is 1.79. The summed E-state index contributed by atoms with van der Waals surface area (Å²) in [6.07, 6.45) is 3.21. The Labute approximate surface area is 129 Å². The lowest BCUT2D eigenvalue weighted by Crippen LogP contribution is -2.59. The SMILES string of the molecule is Cc1nc(CCCC(=O)N2CCOCC23CCOC3)cs1. The number of amides is 1. The molecule has 0 aromatic carbocycles. The highest BCUT2D eigenvalue weighted by molar-refractivity contribution is 7.09. The number of rotatable bonds is 4. The first-order chi connectivity index (χ1) is 10.2. The van der Waals surface area contributed by atoms with Crippen LogP contribution in [-0.2, 0) is 20.7 Å². The van der Waals surface area contributed by atoms with Gasteiger partial charge in [0.2, 0.25) is 5.91 Å². The van der Waals surface area contributed by atoms with E-state index in [0.29, 0.717) is 32.8 Å². The molecule has 2 saturated heterocycles. The molecular weight excluding hydrogens is 288 g/mol. The molecule has 1 aromatic rings. The molecule has 1 spiro atoms. The van der Waals surface area contributed by atoms with Gasteiger partial charge < -0.3 is 14.4 Å². The Kier molecular flexibility index (Phi) is 4.57.